The highest BCUT2D eigenvalue weighted by atomic mass is 14.8. The topological polar surface area (TPSA) is 51.6 Å². The lowest BCUT2D eigenvalue weighted by Gasteiger charge is -2.13. The van der Waals surface area contributed by atoms with Gasteiger partial charge >= 0.3 is 0 Å². The number of rotatable bonds is 4. The lowest BCUT2D eigenvalue weighted by Crippen LogP contribution is -1.93. The summed E-state index contributed by atoms with van der Waals surface area (Å²) in [5.41, 5.74) is 13.4. The van der Waals surface area contributed by atoms with E-state index >= 15 is 0 Å². The van der Waals surface area contributed by atoms with Gasteiger partial charge in [0.25, 0.3) is 0 Å². The van der Waals surface area contributed by atoms with E-state index < -0.39 is 0 Å². The van der Waals surface area contributed by atoms with Crippen LogP contribution in [-0.4, -0.2) is 19.9 Å². The van der Waals surface area contributed by atoms with E-state index in [2.05, 4.69) is 157 Å². The van der Waals surface area contributed by atoms with Crippen molar-refractivity contribution < 1.29 is 0 Å². The SMILES string of the molecule is c1ccc(-c2c3ccccc3nc3c2ccc2ccc(-c4ccc5cc6cc(-c7ccc(-c8ccc9ncccc9n8)cc7)ccc6cc5c4)nc23)cc1. The number of hydrogen-bond acceptors (Lipinski definition) is 4. The highest BCUT2D eigenvalue weighted by Gasteiger charge is 2.15. The number of hydrogen-bond donors (Lipinski definition) is 0. The van der Waals surface area contributed by atoms with Crippen LogP contribution in [-0.2, 0) is 0 Å². The first-order valence-electron chi connectivity index (χ1n) is 18.2. The maximum absolute atomic E-state index is 5.30. The van der Waals surface area contributed by atoms with E-state index in [0.717, 1.165) is 66.3 Å². The van der Waals surface area contributed by atoms with Crippen molar-refractivity contribution in [2.45, 2.75) is 0 Å². The summed E-state index contributed by atoms with van der Waals surface area (Å²) in [6.45, 7) is 0. The monoisotopic (exact) mass is 686 g/mol. The molecule has 0 saturated carbocycles. The fraction of sp³-hybridized carbons (Fsp3) is 0. The summed E-state index contributed by atoms with van der Waals surface area (Å²) in [7, 11) is 0. The minimum Gasteiger partial charge on any atom is -0.255 e. The van der Waals surface area contributed by atoms with Crippen molar-refractivity contribution in [3.8, 4) is 44.8 Å². The van der Waals surface area contributed by atoms with Gasteiger partial charge in [-0.1, -0.05) is 115 Å². The van der Waals surface area contributed by atoms with Crippen LogP contribution in [0, 0.1) is 0 Å². The van der Waals surface area contributed by atoms with Crippen molar-refractivity contribution in [3.63, 3.8) is 0 Å². The van der Waals surface area contributed by atoms with Crippen LogP contribution < -0.4 is 0 Å². The predicted octanol–water partition coefficient (Wildman–Crippen LogP) is 12.9. The summed E-state index contributed by atoms with van der Waals surface area (Å²) in [5.74, 6) is 0. The third-order valence-corrected chi connectivity index (χ3v) is 10.6. The standard InChI is InChI=1S/C50H30N4/c1-2-7-33(8-3-1)48-41-9-4-5-10-45(41)54-50-42(48)22-20-34-21-23-44(53-49(34)50)38-19-18-37-28-39-27-35(16-17-36(39)29-40(37)30-38)31-12-14-32(15-13-31)43-24-25-46-47(52-43)11-6-26-51-46/h1-30H. The molecule has 54 heavy (non-hydrogen) atoms. The maximum Gasteiger partial charge on any atom is 0.0978 e. The summed E-state index contributed by atoms with van der Waals surface area (Å²) in [4.78, 5) is 19.7. The smallest absolute Gasteiger partial charge is 0.0978 e. The Kier molecular flexibility index (Phi) is 6.82. The Labute approximate surface area is 311 Å². The Morgan fingerprint density at radius 1 is 0.296 bits per heavy atom. The maximum atomic E-state index is 5.30. The van der Waals surface area contributed by atoms with Crippen LogP contribution in [0.4, 0.5) is 0 Å². The Bertz CT molecular complexity index is 3260. The van der Waals surface area contributed by atoms with Gasteiger partial charge in [0.05, 0.1) is 39.0 Å². The third kappa shape index (κ3) is 5.07. The first-order chi connectivity index (χ1) is 26.7. The molecule has 0 spiro atoms. The number of aromatic nitrogens is 4. The molecular formula is C50H30N4. The zero-order valence-corrected chi connectivity index (χ0v) is 29.1. The quantitative estimate of drug-likeness (QED) is 0.137. The van der Waals surface area contributed by atoms with Gasteiger partial charge in [0.2, 0.25) is 0 Å². The van der Waals surface area contributed by atoms with Crippen molar-refractivity contribution in [3.05, 3.63) is 182 Å². The number of benzene rings is 7. The molecule has 11 aromatic rings. The van der Waals surface area contributed by atoms with Gasteiger partial charge in [-0.25, -0.2) is 15.0 Å². The van der Waals surface area contributed by atoms with Gasteiger partial charge in [0.1, 0.15) is 0 Å². The van der Waals surface area contributed by atoms with Crippen LogP contribution in [0.25, 0.3) is 110 Å². The average molecular weight is 687 g/mol. The molecule has 0 atom stereocenters. The largest absolute Gasteiger partial charge is 0.255 e. The number of nitrogens with zero attached hydrogens (tertiary/aromatic N) is 4. The zero-order valence-electron chi connectivity index (χ0n) is 29.1. The van der Waals surface area contributed by atoms with Crippen LogP contribution in [0.3, 0.4) is 0 Å². The molecule has 4 aromatic heterocycles. The van der Waals surface area contributed by atoms with E-state index in [1.807, 2.05) is 24.3 Å². The van der Waals surface area contributed by atoms with Gasteiger partial charge < -0.3 is 0 Å². The molecule has 4 nitrogen and oxygen atoms in total. The lowest BCUT2D eigenvalue weighted by atomic mass is 9.95. The summed E-state index contributed by atoms with van der Waals surface area (Å²) >= 11 is 0. The van der Waals surface area contributed by atoms with Crippen LogP contribution in [0.15, 0.2) is 182 Å². The molecule has 4 heteroatoms. The van der Waals surface area contributed by atoms with Gasteiger partial charge in [-0.15, -0.1) is 0 Å². The normalized spacial score (nSPS) is 11.7. The summed E-state index contributed by atoms with van der Waals surface area (Å²) in [5, 5.41) is 8.13. The van der Waals surface area contributed by atoms with Crippen LogP contribution in [0.5, 0.6) is 0 Å². The molecule has 0 aliphatic rings. The van der Waals surface area contributed by atoms with E-state index in [9.17, 15) is 0 Å². The highest BCUT2D eigenvalue weighted by molar-refractivity contribution is 6.16. The summed E-state index contributed by atoms with van der Waals surface area (Å²) < 4.78 is 0. The summed E-state index contributed by atoms with van der Waals surface area (Å²) in [6, 6.07) is 62.3. The Morgan fingerprint density at radius 2 is 0.944 bits per heavy atom. The Balaban J connectivity index is 0.956. The van der Waals surface area contributed by atoms with E-state index in [0.29, 0.717) is 0 Å². The second kappa shape index (κ2) is 12.1. The predicted molar refractivity (Wildman–Crippen MR) is 224 cm³/mol. The molecule has 0 bridgehead atoms. The zero-order chi connectivity index (χ0) is 35.6. The van der Waals surface area contributed by atoms with Gasteiger partial charge in [-0.2, -0.15) is 0 Å². The number of fused-ring (bicyclic) bond motifs is 7. The molecule has 4 heterocycles. The summed E-state index contributed by atoms with van der Waals surface area (Å²) in [6.07, 6.45) is 1.80. The van der Waals surface area contributed by atoms with E-state index in [1.165, 1.54) is 43.8 Å². The lowest BCUT2D eigenvalue weighted by molar-refractivity contribution is 1.33. The van der Waals surface area contributed by atoms with Crippen LogP contribution in [0.2, 0.25) is 0 Å². The van der Waals surface area contributed by atoms with Crippen molar-refractivity contribution in [1.82, 2.24) is 19.9 Å². The molecule has 0 fully saturated rings. The second-order valence-electron chi connectivity index (χ2n) is 13.9. The number of para-hydroxylation sites is 1. The van der Waals surface area contributed by atoms with E-state index in [1.54, 1.807) is 6.20 Å². The van der Waals surface area contributed by atoms with Crippen molar-refractivity contribution in [1.29, 1.82) is 0 Å². The van der Waals surface area contributed by atoms with E-state index in [4.69, 9.17) is 15.0 Å². The first kappa shape index (κ1) is 30.3. The van der Waals surface area contributed by atoms with Gasteiger partial charge in [0.15, 0.2) is 0 Å². The molecule has 0 N–H and O–H groups in total. The third-order valence-electron chi connectivity index (χ3n) is 10.6. The Hall–Kier alpha value is -7.30. The molecule has 0 amide bonds. The van der Waals surface area contributed by atoms with Crippen LogP contribution >= 0.6 is 0 Å². The molecule has 11 rings (SSSR count). The highest BCUT2D eigenvalue weighted by Crippen LogP contribution is 2.38. The van der Waals surface area contributed by atoms with E-state index in [-0.39, 0.29) is 0 Å². The molecule has 0 aliphatic heterocycles. The molecule has 7 aromatic carbocycles. The Morgan fingerprint density at radius 3 is 1.80 bits per heavy atom. The van der Waals surface area contributed by atoms with Gasteiger partial charge in [-0.3, -0.25) is 4.98 Å². The molecular weight excluding hydrogens is 657 g/mol. The molecule has 0 radical (unpaired) electrons. The molecule has 0 saturated heterocycles. The first-order valence-corrected chi connectivity index (χ1v) is 18.2. The average Bonchev–Trinajstić information content (AvgIpc) is 3.24. The number of pyridine rings is 4. The van der Waals surface area contributed by atoms with Crippen molar-refractivity contribution in [2.75, 3.05) is 0 Å². The molecule has 250 valence electrons. The second-order valence-corrected chi connectivity index (χ2v) is 13.9. The van der Waals surface area contributed by atoms with Crippen molar-refractivity contribution >= 4 is 65.3 Å². The fourth-order valence-corrected chi connectivity index (χ4v) is 7.90. The fourth-order valence-electron chi connectivity index (χ4n) is 7.90. The van der Waals surface area contributed by atoms with Gasteiger partial charge in [-0.05, 0) is 98.9 Å². The molecule has 0 unspecified atom stereocenters. The van der Waals surface area contributed by atoms with Gasteiger partial charge in [0, 0.05) is 39.0 Å². The molecule has 0 aliphatic carbocycles. The minimum atomic E-state index is 0.902. The van der Waals surface area contributed by atoms with Crippen molar-refractivity contribution in [2.24, 2.45) is 0 Å². The minimum absolute atomic E-state index is 0.902. The van der Waals surface area contributed by atoms with Crippen LogP contribution in [0.1, 0.15) is 0 Å².